The zero-order valence-electron chi connectivity index (χ0n) is 13.2. The molecule has 20 heavy (non-hydrogen) atoms. The van der Waals surface area contributed by atoms with Crippen LogP contribution in [0.2, 0.25) is 0 Å². The second kappa shape index (κ2) is 5.99. The lowest BCUT2D eigenvalue weighted by atomic mass is 9.79. The minimum Gasteiger partial charge on any atom is -0.468 e. The van der Waals surface area contributed by atoms with Gasteiger partial charge in [-0.05, 0) is 19.3 Å². The number of amides is 1. The molecule has 0 aromatic carbocycles. The van der Waals surface area contributed by atoms with E-state index in [1.165, 1.54) is 12.0 Å². The summed E-state index contributed by atoms with van der Waals surface area (Å²) in [5.41, 5.74) is -0.202. The van der Waals surface area contributed by atoms with Crippen molar-refractivity contribution in [3.8, 4) is 0 Å². The number of carbonyl (C=O) groups excluding carboxylic acids is 1. The molecule has 6 nitrogen and oxygen atoms in total. The summed E-state index contributed by atoms with van der Waals surface area (Å²) < 4.78 is 4.73. The summed E-state index contributed by atoms with van der Waals surface area (Å²) in [5.74, 6) is -0.292. The van der Waals surface area contributed by atoms with Crippen LogP contribution in [-0.2, 0) is 9.53 Å². The second-order valence-electron chi connectivity index (χ2n) is 6.58. The van der Waals surface area contributed by atoms with Gasteiger partial charge in [0.15, 0.2) is 0 Å². The van der Waals surface area contributed by atoms with Crippen LogP contribution in [0.4, 0.5) is 4.79 Å². The van der Waals surface area contributed by atoms with Crippen LogP contribution < -0.4 is 0 Å². The molecule has 1 N–H and O–H groups in total. The van der Waals surface area contributed by atoms with Crippen molar-refractivity contribution in [3.05, 3.63) is 0 Å². The molecule has 6 heteroatoms. The van der Waals surface area contributed by atoms with Gasteiger partial charge < -0.3 is 14.7 Å². The summed E-state index contributed by atoms with van der Waals surface area (Å²) in [7, 11) is 1.37. The fraction of sp³-hybridized carbons (Fsp3) is 0.857. The highest BCUT2D eigenvalue weighted by Crippen LogP contribution is 2.33. The van der Waals surface area contributed by atoms with Crippen molar-refractivity contribution in [2.45, 2.75) is 52.7 Å². The van der Waals surface area contributed by atoms with Crippen molar-refractivity contribution >= 4 is 12.1 Å². The first-order valence-electron chi connectivity index (χ1n) is 6.91. The maximum absolute atomic E-state index is 11.5. The highest BCUT2D eigenvalue weighted by atomic mass is 16.5. The standard InChI is InChI=1S/C14H26N2O4/c1-9-7-16(13(18)19)12(14(3,4)5)10(2)15(9)8-11(17)20-6/h9-10,12H,7-8H2,1-6H3,(H,18,19)/t9-,10+,12?/m0/s1. The average molecular weight is 286 g/mol. The van der Waals surface area contributed by atoms with Gasteiger partial charge in [-0.1, -0.05) is 20.8 Å². The van der Waals surface area contributed by atoms with Crippen molar-refractivity contribution in [1.82, 2.24) is 9.80 Å². The number of carboxylic acid groups (broad SMARTS) is 1. The van der Waals surface area contributed by atoms with Gasteiger partial charge in [0.25, 0.3) is 0 Å². The molecule has 0 radical (unpaired) electrons. The van der Waals surface area contributed by atoms with E-state index in [2.05, 4.69) is 0 Å². The minimum atomic E-state index is -0.902. The second-order valence-corrected chi connectivity index (χ2v) is 6.58. The Morgan fingerprint density at radius 2 is 1.85 bits per heavy atom. The molecular weight excluding hydrogens is 260 g/mol. The maximum Gasteiger partial charge on any atom is 0.407 e. The van der Waals surface area contributed by atoms with Gasteiger partial charge in [-0.3, -0.25) is 9.69 Å². The Morgan fingerprint density at radius 1 is 1.30 bits per heavy atom. The normalized spacial score (nSPS) is 28.3. The van der Waals surface area contributed by atoms with E-state index in [1.54, 1.807) is 0 Å². The SMILES string of the molecule is COC(=O)CN1[C@H](C)C(C(C)(C)C)N(C(=O)O)C[C@@H]1C. The molecule has 1 amide bonds. The third-order valence-electron chi connectivity index (χ3n) is 4.02. The fourth-order valence-electron chi connectivity index (χ4n) is 3.25. The first-order valence-corrected chi connectivity index (χ1v) is 6.91. The van der Waals surface area contributed by atoms with Crippen molar-refractivity contribution < 1.29 is 19.4 Å². The van der Waals surface area contributed by atoms with Gasteiger partial charge in [-0.15, -0.1) is 0 Å². The first-order chi connectivity index (χ1) is 9.09. The lowest BCUT2D eigenvalue weighted by molar-refractivity contribution is -0.145. The fourth-order valence-corrected chi connectivity index (χ4v) is 3.25. The Morgan fingerprint density at radius 3 is 2.25 bits per heavy atom. The van der Waals surface area contributed by atoms with E-state index in [0.717, 1.165) is 0 Å². The van der Waals surface area contributed by atoms with E-state index in [4.69, 9.17) is 4.74 Å². The van der Waals surface area contributed by atoms with Gasteiger partial charge in [0.2, 0.25) is 0 Å². The summed E-state index contributed by atoms with van der Waals surface area (Å²) in [6.45, 7) is 10.6. The van der Waals surface area contributed by atoms with Crippen LogP contribution in [0.1, 0.15) is 34.6 Å². The largest absolute Gasteiger partial charge is 0.468 e. The van der Waals surface area contributed by atoms with Gasteiger partial charge in [0, 0.05) is 18.6 Å². The molecule has 1 rings (SSSR count). The lowest BCUT2D eigenvalue weighted by Crippen LogP contribution is -2.67. The molecule has 0 bridgehead atoms. The third-order valence-corrected chi connectivity index (χ3v) is 4.02. The van der Waals surface area contributed by atoms with Crippen LogP contribution in [-0.4, -0.2) is 65.3 Å². The smallest absolute Gasteiger partial charge is 0.407 e. The maximum atomic E-state index is 11.5. The Balaban J connectivity index is 3.04. The summed E-state index contributed by atoms with van der Waals surface area (Å²) in [6.07, 6.45) is -0.902. The highest BCUT2D eigenvalue weighted by molar-refractivity contribution is 5.71. The molecule has 0 spiro atoms. The summed E-state index contributed by atoms with van der Waals surface area (Å²) in [6, 6.07) is -0.228. The number of esters is 1. The number of rotatable bonds is 2. The van der Waals surface area contributed by atoms with Crippen molar-refractivity contribution in [1.29, 1.82) is 0 Å². The first kappa shape index (κ1) is 16.8. The number of methoxy groups -OCH3 is 1. The Hall–Kier alpha value is -1.30. The molecule has 1 aliphatic rings. The molecule has 1 unspecified atom stereocenters. The van der Waals surface area contributed by atoms with Gasteiger partial charge >= 0.3 is 12.1 Å². The quantitative estimate of drug-likeness (QED) is 0.782. The van der Waals surface area contributed by atoms with Gasteiger partial charge in [0.1, 0.15) is 0 Å². The lowest BCUT2D eigenvalue weighted by Gasteiger charge is -2.52. The molecular formula is C14H26N2O4. The summed E-state index contributed by atoms with van der Waals surface area (Å²) in [5, 5.41) is 9.44. The van der Waals surface area contributed by atoms with E-state index in [-0.39, 0.29) is 36.1 Å². The van der Waals surface area contributed by atoms with E-state index in [9.17, 15) is 14.7 Å². The van der Waals surface area contributed by atoms with Gasteiger partial charge in [0.05, 0.1) is 19.7 Å². The van der Waals surface area contributed by atoms with E-state index in [1.807, 2.05) is 39.5 Å². The predicted molar refractivity (Wildman–Crippen MR) is 75.6 cm³/mol. The van der Waals surface area contributed by atoms with Crippen LogP contribution in [0.25, 0.3) is 0 Å². The number of nitrogens with zero attached hydrogens (tertiary/aromatic N) is 2. The van der Waals surface area contributed by atoms with Crippen molar-refractivity contribution in [2.75, 3.05) is 20.2 Å². The number of hydrogen-bond donors (Lipinski definition) is 1. The zero-order chi connectivity index (χ0) is 15.7. The van der Waals surface area contributed by atoms with Crippen LogP contribution in [0.3, 0.4) is 0 Å². The molecule has 3 atom stereocenters. The van der Waals surface area contributed by atoms with Crippen molar-refractivity contribution in [3.63, 3.8) is 0 Å². The van der Waals surface area contributed by atoms with E-state index < -0.39 is 6.09 Å². The molecule has 1 saturated heterocycles. The number of ether oxygens (including phenoxy) is 1. The number of hydrogen-bond acceptors (Lipinski definition) is 4. The van der Waals surface area contributed by atoms with Crippen LogP contribution in [0.15, 0.2) is 0 Å². The third kappa shape index (κ3) is 3.42. The Labute approximate surface area is 120 Å². The molecule has 1 fully saturated rings. The van der Waals surface area contributed by atoms with Gasteiger partial charge in [-0.25, -0.2) is 4.79 Å². The average Bonchev–Trinajstić information content (AvgIpc) is 2.31. The molecule has 0 aliphatic carbocycles. The predicted octanol–water partition coefficient (Wildman–Crippen LogP) is 1.65. The Bertz CT molecular complexity index is 378. The van der Waals surface area contributed by atoms with Crippen LogP contribution in [0, 0.1) is 5.41 Å². The molecule has 0 aromatic heterocycles. The Kier molecular flexibility index (Phi) is 5.02. The molecule has 0 saturated carbocycles. The molecule has 1 heterocycles. The van der Waals surface area contributed by atoms with Crippen LogP contribution >= 0.6 is 0 Å². The molecule has 1 aliphatic heterocycles. The minimum absolute atomic E-state index is 0.0150. The number of carbonyl (C=O) groups is 2. The monoisotopic (exact) mass is 286 g/mol. The summed E-state index contributed by atoms with van der Waals surface area (Å²) in [4.78, 5) is 26.6. The molecule has 0 aromatic rings. The van der Waals surface area contributed by atoms with Crippen LogP contribution in [0.5, 0.6) is 0 Å². The number of piperazine rings is 1. The highest BCUT2D eigenvalue weighted by Gasteiger charge is 2.45. The summed E-state index contributed by atoms with van der Waals surface area (Å²) >= 11 is 0. The van der Waals surface area contributed by atoms with E-state index in [0.29, 0.717) is 6.54 Å². The topological polar surface area (TPSA) is 70.1 Å². The molecule has 116 valence electrons. The van der Waals surface area contributed by atoms with Crippen molar-refractivity contribution in [2.24, 2.45) is 5.41 Å². The van der Waals surface area contributed by atoms with E-state index >= 15 is 0 Å². The van der Waals surface area contributed by atoms with Gasteiger partial charge in [-0.2, -0.15) is 0 Å². The zero-order valence-corrected chi connectivity index (χ0v) is 13.2.